The van der Waals surface area contributed by atoms with E-state index in [4.69, 9.17) is 9.47 Å². The van der Waals surface area contributed by atoms with Gasteiger partial charge in [-0.2, -0.15) is 0 Å². The Hall–Kier alpha value is -2.82. The molecule has 0 fully saturated rings. The van der Waals surface area contributed by atoms with E-state index in [0.717, 1.165) is 5.56 Å². The summed E-state index contributed by atoms with van der Waals surface area (Å²) >= 11 is 0. The van der Waals surface area contributed by atoms with Crippen LogP contribution < -0.4 is 9.64 Å². The third-order valence-corrected chi connectivity index (χ3v) is 3.07. The monoisotopic (exact) mass is 299 g/mol. The summed E-state index contributed by atoms with van der Waals surface area (Å²) in [6.07, 6.45) is 0.0923. The van der Waals surface area contributed by atoms with Gasteiger partial charge in [0.25, 0.3) is 0 Å². The Morgan fingerprint density at radius 2 is 1.77 bits per heavy atom. The maximum Gasteiger partial charge on any atom is 0.415 e. The SMILES string of the molecule is COc1ccc(N(CC=O)C(=O)OCc2ccccc2)cc1. The van der Waals surface area contributed by atoms with Crippen LogP contribution >= 0.6 is 0 Å². The smallest absolute Gasteiger partial charge is 0.415 e. The number of benzene rings is 2. The Morgan fingerprint density at radius 3 is 2.36 bits per heavy atom. The molecule has 0 aromatic heterocycles. The Balaban J connectivity index is 2.05. The van der Waals surface area contributed by atoms with Crippen molar-refractivity contribution in [1.82, 2.24) is 0 Å². The van der Waals surface area contributed by atoms with Crippen LogP contribution in [-0.2, 0) is 16.1 Å². The minimum absolute atomic E-state index is 0.0695. The van der Waals surface area contributed by atoms with E-state index < -0.39 is 6.09 Å². The molecule has 2 aromatic rings. The molecule has 5 nitrogen and oxygen atoms in total. The molecule has 0 radical (unpaired) electrons. The summed E-state index contributed by atoms with van der Waals surface area (Å²) in [4.78, 5) is 24.3. The van der Waals surface area contributed by atoms with E-state index in [0.29, 0.717) is 17.7 Å². The van der Waals surface area contributed by atoms with E-state index in [1.165, 1.54) is 4.90 Å². The van der Waals surface area contributed by atoms with Gasteiger partial charge in [0, 0.05) is 5.69 Å². The topological polar surface area (TPSA) is 55.8 Å². The molecule has 0 heterocycles. The molecule has 0 N–H and O–H groups in total. The highest BCUT2D eigenvalue weighted by Crippen LogP contribution is 2.20. The van der Waals surface area contributed by atoms with Crippen LogP contribution in [0.2, 0.25) is 0 Å². The van der Waals surface area contributed by atoms with Crippen molar-refractivity contribution in [1.29, 1.82) is 0 Å². The normalized spacial score (nSPS) is 9.86. The first-order valence-corrected chi connectivity index (χ1v) is 6.80. The van der Waals surface area contributed by atoms with E-state index in [1.807, 2.05) is 30.3 Å². The zero-order valence-electron chi connectivity index (χ0n) is 12.3. The highest BCUT2D eigenvalue weighted by Gasteiger charge is 2.17. The summed E-state index contributed by atoms with van der Waals surface area (Å²) in [6, 6.07) is 16.2. The van der Waals surface area contributed by atoms with Gasteiger partial charge in [0.15, 0.2) is 0 Å². The lowest BCUT2D eigenvalue weighted by Crippen LogP contribution is -2.33. The first-order chi connectivity index (χ1) is 10.7. The highest BCUT2D eigenvalue weighted by molar-refractivity contribution is 5.90. The lowest BCUT2D eigenvalue weighted by Gasteiger charge is -2.20. The number of carbonyl (C=O) groups is 2. The van der Waals surface area contributed by atoms with Crippen LogP contribution in [0, 0.1) is 0 Å². The van der Waals surface area contributed by atoms with E-state index >= 15 is 0 Å². The van der Waals surface area contributed by atoms with E-state index in [9.17, 15) is 9.59 Å². The van der Waals surface area contributed by atoms with Crippen molar-refractivity contribution in [3.05, 3.63) is 60.2 Å². The molecule has 0 bridgehead atoms. The van der Waals surface area contributed by atoms with Crippen LogP contribution in [0.1, 0.15) is 5.56 Å². The first kappa shape index (κ1) is 15.6. The summed E-state index contributed by atoms with van der Waals surface area (Å²) in [5.41, 5.74) is 1.46. The van der Waals surface area contributed by atoms with Gasteiger partial charge >= 0.3 is 6.09 Å². The first-order valence-electron chi connectivity index (χ1n) is 6.80. The Labute approximate surface area is 129 Å². The van der Waals surface area contributed by atoms with Crippen molar-refractivity contribution in [2.24, 2.45) is 0 Å². The van der Waals surface area contributed by atoms with Crippen molar-refractivity contribution >= 4 is 18.1 Å². The van der Waals surface area contributed by atoms with Gasteiger partial charge in [-0.25, -0.2) is 4.79 Å². The van der Waals surface area contributed by atoms with Gasteiger partial charge in [-0.3, -0.25) is 4.90 Å². The molecule has 114 valence electrons. The van der Waals surface area contributed by atoms with Crippen LogP contribution in [0.25, 0.3) is 0 Å². The molecule has 0 atom stereocenters. The average molecular weight is 299 g/mol. The van der Waals surface area contributed by atoms with Crippen LogP contribution in [0.15, 0.2) is 54.6 Å². The van der Waals surface area contributed by atoms with Crippen LogP contribution in [-0.4, -0.2) is 26.0 Å². The Kier molecular flexibility index (Phi) is 5.54. The summed E-state index contributed by atoms with van der Waals surface area (Å²) in [7, 11) is 1.56. The standard InChI is InChI=1S/C17H17NO4/c1-21-16-9-7-15(8-10-16)18(11-12-19)17(20)22-13-14-5-3-2-4-6-14/h2-10,12H,11,13H2,1H3. The number of aldehydes is 1. The van der Waals surface area contributed by atoms with Gasteiger partial charge in [-0.1, -0.05) is 30.3 Å². The Morgan fingerprint density at radius 1 is 1.09 bits per heavy atom. The predicted octanol–water partition coefficient (Wildman–Crippen LogP) is 3.04. The zero-order valence-corrected chi connectivity index (χ0v) is 12.3. The number of amides is 1. The zero-order chi connectivity index (χ0) is 15.8. The molecule has 0 saturated carbocycles. The molecule has 0 aliphatic heterocycles. The maximum absolute atomic E-state index is 12.2. The largest absolute Gasteiger partial charge is 0.497 e. The van der Waals surface area contributed by atoms with E-state index in [-0.39, 0.29) is 13.2 Å². The van der Waals surface area contributed by atoms with E-state index in [2.05, 4.69) is 0 Å². The third kappa shape index (κ3) is 4.09. The number of hydrogen-bond acceptors (Lipinski definition) is 4. The van der Waals surface area contributed by atoms with Crippen molar-refractivity contribution in [2.75, 3.05) is 18.6 Å². The molecule has 2 rings (SSSR count). The maximum atomic E-state index is 12.2. The number of carbonyl (C=O) groups excluding carboxylic acids is 2. The van der Waals surface area contributed by atoms with Crippen molar-refractivity contribution < 1.29 is 19.1 Å². The molecule has 22 heavy (non-hydrogen) atoms. The van der Waals surface area contributed by atoms with E-state index in [1.54, 1.807) is 31.4 Å². The fraction of sp³-hybridized carbons (Fsp3) is 0.176. The average Bonchev–Trinajstić information content (AvgIpc) is 2.58. The van der Waals surface area contributed by atoms with Gasteiger partial charge in [0.1, 0.15) is 18.6 Å². The fourth-order valence-electron chi connectivity index (χ4n) is 1.92. The summed E-state index contributed by atoms with van der Waals surface area (Å²) in [5.74, 6) is 0.674. The van der Waals surface area contributed by atoms with Crippen molar-refractivity contribution in [3.63, 3.8) is 0 Å². The number of methoxy groups -OCH3 is 1. The number of rotatable bonds is 6. The quantitative estimate of drug-likeness (QED) is 0.769. The van der Waals surface area contributed by atoms with Crippen molar-refractivity contribution in [2.45, 2.75) is 6.61 Å². The highest BCUT2D eigenvalue weighted by atomic mass is 16.6. The number of ether oxygens (including phenoxy) is 2. The second-order valence-electron chi connectivity index (χ2n) is 4.52. The minimum Gasteiger partial charge on any atom is -0.497 e. The van der Waals surface area contributed by atoms with Crippen LogP contribution in [0.5, 0.6) is 5.75 Å². The lowest BCUT2D eigenvalue weighted by molar-refractivity contribution is -0.106. The third-order valence-electron chi connectivity index (χ3n) is 3.07. The number of nitrogens with zero attached hydrogens (tertiary/aromatic N) is 1. The molecule has 0 aliphatic rings. The second-order valence-corrected chi connectivity index (χ2v) is 4.52. The van der Waals surface area contributed by atoms with Crippen molar-refractivity contribution in [3.8, 4) is 5.75 Å². The molecule has 0 aliphatic carbocycles. The summed E-state index contributed by atoms with van der Waals surface area (Å²) < 4.78 is 10.3. The molecule has 2 aromatic carbocycles. The van der Waals surface area contributed by atoms with Crippen LogP contribution in [0.3, 0.4) is 0 Å². The molecule has 0 spiro atoms. The van der Waals surface area contributed by atoms with Gasteiger partial charge < -0.3 is 14.3 Å². The lowest BCUT2D eigenvalue weighted by atomic mass is 10.2. The van der Waals surface area contributed by atoms with Gasteiger partial charge in [-0.05, 0) is 29.8 Å². The minimum atomic E-state index is -0.568. The molecular formula is C17H17NO4. The van der Waals surface area contributed by atoms with Crippen LogP contribution in [0.4, 0.5) is 10.5 Å². The van der Waals surface area contributed by atoms with Gasteiger partial charge in [-0.15, -0.1) is 0 Å². The molecular weight excluding hydrogens is 282 g/mol. The predicted molar refractivity (Wildman–Crippen MR) is 83.0 cm³/mol. The second kappa shape index (κ2) is 7.83. The fourth-order valence-corrected chi connectivity index (χ4v) is 1.92. The molecule has 5 heteroatoms. The molecule has 0 saturated heterocycles. The number of hydrogen-bond donors (Lipinski definition) is 0. The molecule has 1 amide bonds. The summed E-state index contributed by atoms with van der Waals surface area (Å²) in [5, 5.41) is 0. The van der Waals surface area contributed by atoms with Gasteiger partial charge in [0.05, 0.1) is 13.7 Å². The summed E-state index contributed by atoms with van der Waals surface area (Å²) in [6.45, 7) is 0.0884. The van der Waals surface area contributed by atoms with Gasteiger partial charge in [0.2, 0.25) is 0 Å². The molecule has 0 unspecified atom stereocenters. The number of anilines is 1. The Bertz CT molecular complexity index is 610.